The van der Waals surface area contributed by atoms with Crippen molar-refractivity contribution < 1.29 is 26.0 Å². The Kier molecular flexibility index (Phi) is 5.23. The second-order valence-electron chi connectivity index (χ2n) is 7.01. The molecular formula is C17H21FN4O5S2. The fraction of sp³-hybridized carbons (Fsp3) is 0.471. The van der Waals surface area contributed by atoms with Crippen LogP contribution in [0.4, 0.5) is 4.39 Å². The molecule has 12 heteroatoms. The van der Waals surface area contributed by atoms with E-state index < -0.39 is 38.1 Å². The summed E-state index contributed by atoms with van der Waals surface area (Å²) < 4.78 is 74.9. The molecule has 2 saturated heterocycles. The highest BCUT2D eigenvalue weighted by molar-refractivity contribution is 7.89. The molecule has 0 radical (unpaired) electrons. The summed E-state index contributed by atoms with van der Waals surface area (Å²) in [4.78, 5) is -0.0301. The third kappa shape index (κ3) is 3.82. The van der Waals surface area contributed by atoms with Crippen LogP contribution in [0, 0.1) is 5.82 Å². The Morgan fingerprint density at radius 1 is 1.03 bits per heavy atom. The largest absolute Gasteiger partial charge is 0.369 e. The highest BCUT2D eigenvalue weighted by Gasteiger charge is 2.43. The molecule has 1 aromatic heterocycles. The smallest absolute Gasteiger partial charge is 0.246 e. The Bertz CT molecular complexity index is 1100. The van der Waals surface area contributed by atoms with Crippen molar-refractivity contribution in [2.45, 2.75) is 35.5 Å². The highest BCUT2D eigenvalue weighted by atomic mass is 32.2. The number of morpholine rings is 2. The van der Waals surface area contributed by atoms with Gasteiger partial charge in [-0.3, -0.25) is 4.68 Å². The Balaban J connectivity index is 1.53. The number of rotatable bonds is 5. The fourth-order valence-electron chi connectivity index (χ4n) is 3.59. The lowest BCUT2D eigenvalue weighted by Gasteiger charge is -2.44. The molecule has 158 valence electrons. The van der Waals surface area contributed by atoms with Crippen molar-refractivity contribution in [2.75, 3.05) is 26.2 Å². The van der Waals surface area contributed by atoms with Crippen molar-refractivity contribution in [3.05, 3.63) is 42.5 Å². The molecule has 2 aliphatic heterocycles. The van der Waals surface area contributed by atoms with Gasteiger partial charge in [0.15, 0.2) is 0 Å². The minimum atomic E-state index is -3.90. The molecule has 0 spiro atoms. The molecular weight excluding hydrogens is 423 g/mol. The molecule has 2 bridgehead atoms. The van der Waals surface area contributed by atoms with Crippen molar-refractivity contribution >= 4 is 20.0 Å². The zero-order chi connectivity index (χ0) is 20.8. The van der Waals surface area contributed by atoms with Gasteiger partial charge in [0.2, 0.25) is 20.0 Å². The number of sulfonamides is 2. The molecule has 0 aliphatic carbocycles. The van der Waals surface area contributed by atoms with Gasteiger partial charge in [0.1, 0.15) is 10.7 Å². The summed E-state index contributed by atoms with van der Waals surface area (Å²) in [6.07, 6.45) is 1.56. The monoisotopic (exact) mass is 444 g/mol. The van der Waals surface area contributed by atoms with E-state index in [9.17, 15) is 21.2 Å². The van der Waals surface area contributed by atoms with Gasteiger partial charge in [-0.15, -0.1) is 0 Å². The summed E-state index contributed by atoms with van der Waals surface area (Å²) in [5, 5.41) is 4.01. The number of halogens is 1. The van der Waals surface area contributed by atoms with Gasteiger partial charge in [0.25, 0.3) is 0 Å². The molecule has 1 aromatic carbocycles. The van der Waals surface area contributed by atoms with Crippen LogP contribution in [-0.2, 0) is 31.3 Å². The van der Waals surface area contributed by atoms with Gasteiger partial charge in [0.05, 0.1) is 23.3 Å². The quantitative estimate of drug-likeness (QED) is 0.666. The maximum atomic E-state index is 13.5. The van der Waals surface area contributed by atoms with Gasteiger partial charge >= 0.3 is 0 Å². The molecule has 9 nitrogen and oxygen atoms in total. The Hall–Kier alpha value is -1.86. The van der Waals surface area contributed by atoms with E-state index >= 15 is 0 Å². The molecule has 2 atom stereocenters. The van der Waals surface area contributed by atoms with Gasteiger partial charge in [-0.25, -0.2) is 21.2 Å². The van der Waals surface area contributed by atoms with Crippen LogP contribution in [0.1, 0.15) is 6.92 Å². The first kappa shape index (κ1) is 20.4. The Morgan fingerprint density at radius 2 is 1.62 bits per heavy atom. The number of hydrogen-bond donors (Lipinski definition) is 0. The first-order valence-corrected chi connectivity index (χ1v) is 12.0. The lowest BCUT2D eigenvalue weighted by atomic mass is 10.2. The standard InChI is InChI=1S/C17H21FN4O5S2/c1-2-20-12-17(7-19-20)29(25,26)22-10-14-8-21(9-15(11-22)27-14)28(23,24)16-5-3-4-13(18)6-16/h3-7,12,14-15H,2,8-11H2,1H3/t14-,15+. The Morgan fingerprint density at radius 3 is 2.14 bits per heavy atom. The molecule has 2 aromatic rings. The minimum absolute atomic E-state index is 0.00438. The molecule has 3 heterocycles. The summed E-state index contributed by atoms with van der Waals surface area (Å²) in [5.41, 5.74) is 0. The van der Waals surface area contributed by atoms with Crippen LogP contribution >= 0.6 is 0 Å². The normalized spacial score (nSPS) is 23.9. The summed E-state index contributed by atoms with van der Waals surface area (Å²) in [6.45, 7) is 2.47. The van der Waals surface area contributed by atoms with Gasteiger partial charge in [-0.1, -0.05) is 6.07 Å². The predicted molar refractivity (Wildman–Crippen MR) is 100 cm³/mol. The van der Waals surface area contributed by atoms with Crippen LogP contribution in [0.2, 0.25) is 0 Å². The van der Waals surface area contributed by atoms with Crippen molar-refractivity contribution in [3.63, 3.8) is 0 Å². The Labute approximate surface area is 168 Å². The molecule has 2 fully saturated rings. The molecule has 0 amide bonds. The summed E-state index contributed by atoms with van der Waals surface area (Å²) in [6, 6.07) is 4.83. The van der Waals surface area contributed by atoms with Crippen LogP contribution in [0.25, 0.3) is 0 Å². The van der Waals surface area contributed by atoms with Crippen molar-refractivity contribution in [3.8, 4) is 0 Å². The van der Waals surface area contributed by atoms with E-state index in [1.54, 1.807) is 0 Å². The number of benzene rings is 1. The van der Waals surface area contributed by atoms with Crippen LogP contribution < -0.4 is 0 Å². The molecule has 0 saturated carbocycles. The highest BCUT2D eigenvalue weighted by Crippen LogP contribution is 2.28. The van der Waals surface area contributed by atoms with E-state index in [1.807, 2.05) is 6.92 Å². The van der Waals surface area contributed by atoms with Crippen molar-refractivity contribution in [1.82, 2.24) is 18.4 Å². The first-order valence-electron chi connectivity index (χ1n) is 9.14. The summed E-state index contributed by atoms with van der Waals surface area (Å²) in [7, 11) is -7.65. The van der Waals surface area contributed by atoms with E-state index in [0.29, 0.717) is 6.54 Å². The SMILES string of the molecule is CCn1cc(S(=O)(=O)N2C[C@H]3CN(S(=O)(=O)c4cccc(F)c4)C[C@@H](C2)O3)cn1. The minimum Gasteiger partial charge on any atom is -0.369 e. The zero-order valence-corrected chi connectivity index (χ0v) is 17.3. The van der Waals surface area contributed by atoms with Crippen LogP contribution in [0.5, 0.6) is 0 Å². The number of aryl methyl sites for hydroxylation is 1. The predicted octanol–water partition coefficient (Wildman–Crippen LogP) is 0.505. The van der Waals surface area contributed by atoms with E-state index in [0.717, 1.165) is 6.07 Å². The first-order chi connectivity index (χ1) is 13.7. The second-order valence-corrected chi connectivity index (χ2v) is 10.9. The number of nitrogens with zero attached hydrogens (tertiary/aromatic N) is 4. The zero-order valence-electron chi connectivity index (χ0n) is 15.7. The van der Waals surface area contributed by atoms with Crippen LogP contribution in [0.15, 0.2) is 46.5 Å². The number of ether oxygens (including phenoxy) is 1. The van der Waals surface area contributed by atoms with E-state index in [-0.39, 0.29) is 36.0 Å². The van der Waals surface area contributed by atoms with Crippen LogP contribution in [-0.4, -0.2) is 73.6 Å². The maximum Gasteiger partial charge on any atom is 0.246 e. The number of hydrogen-bond acceptors (Lipinski definition) is 6. The molecule has 29 heavy (non-hydrogen) atoms. The third-order valence-electron chi connectivity index (χ3n) is 5.02. The fourth-order valence-corrected chi connectivity index (χ4v) is 6.58. The molecule has 2 aliphatic rings. The van der Waals surface area contributed by atoms with E-state index in [2.05, 4.69) is 5.10 Å². The van der Waals surface area contributed by atoms with Crippen molar-refractivity contribution in [2.24, 2.45) is 0 Å². The second kappa shape index (κ2) is 7.43. The number of fused-ring (bicyclic) bond motifs is 2. The third-order valence-corrected chi connectivity index (χ3v) is 8.63. The van der Waals surface area contributed by atoms with E-state index in [1.165, 1.54) is 43.9 Å². The topological polar surface area (TPSA) is 102 Å². The van der Waals surface area contributed by atoms with Gasteiger partial charge in [-0.2, -0.15) is 13.7 Å². The van der Waals surface area contributed by atoms with Gasteiger partial charge in [-0.05, 0) is 25.1 Å². The van der Waals surface area contributed by atoms with Crippen molar-refractivity contribution in [1.29, 1.82) is 0 Å². The lowest BCUT2D eigenvalue weighted by Crippen LogP contribution is -2.61. The summed E-state index contributed by atoms with van der Waals surface area (Å²) >= 11 is 0. The molecule has 0 N–H and O–H groups in total. The molecule has 4 rings (SSSR count). The maximum absolute atomic E-state index is 13.5. The number of aromatic nitrogens is 2. The summed E-state index contributed by atoms with van der Waals surface area (Å²) in [5.74, 6) is -0.635. The van der Waals surface area contributed by atoms with Gasteiger partial charge in [0, 0.05) is 38.9 Å². The van der Waals surface area contributed by atoms with Crippen LogP contribution in [0.3, 0.4) is 0 Å². The van der Waals surface area contributed by atoms with E-state index in [4.69, 9.17) is 4.74 Å². The average molecular weight is 445 g/mol. The van der Waals surface area contributed by atoms with Gasteiger partial charge < -0.3 is 4.74 Å². The molecule has 0 unspecified atom stereocenters. The lowest BCUT2D eigenvalue weighted by molar-refractivity contribution is -0.104. The average Bonchev–Trinajstić information content (AvgIpc) is 3.17.